The SMILES string of the molecule is CCCCCCCCOC(=O)OCCCCCCCC.[CaH2].[SnH2]. The third kappa shape index (κ3) is 23.6. The third-order valence-corrected chi connectivity index (χ3v) is 3.44. The first-order valence-electron chi connectivity index (χ1n) is 8.60. The van der Waals surface area contributed by atoms with Gasteiger partial charge in [-0.15, -0.1) is 0 Å². The van der Waals surface area contributed by atoms with Crippen LogP contribution in [-0.2, 0) is 9.47 Å². The van der Waals surface area contributed by atoms with E-state index in [0.717, 1.165) is 25.7 Å². The quantitative estimate of drug-likeness (QED) is 0.228. The van der Waals surface area contributed by atoms with E-state index < -0.39 is 6.16 Å². The minimum atomic E-state index is -0.493. The van der Waals surface area contributed by atoms with Crippen LogP contribution in [0.25, 0.3) is 0 Å². The van der Waals surface area contributed by atoms with Gasteiger partial charge in [0.15, 0.2) is 0 Å². The summed E-state index contributed by atoms with van der Waals surface area (Å²) in [6.07, 6.45) is 13.9. The van der Waals surface area contributed by atoms with Crippen LogP contribution in [0.4, 0.5) is 4.79 Å². The molecular weight excluding hydrogens is 411 g/mol. The third-order valence-electron chi connectivity index (χ3n) is 3.44. The molecule has 0 saturated heterocycles. The molecule has 130 valence electrons. The molecule has 0 heterocycles. The van der Waals surface area contributed by atoms with E-state index in [1.165, 1.54) is 51.4 Å². The summed E-state index contributed by atoms with van der Waals surface area (Å²) in [7, 11) is 0. The molecule has 0 bridgehead atoms. The van der Waals surface area contributed by atoms with Crippen molar-refractivity contribution in [1.29, 1.82) is 0 Å². The van der Waals surface area contributed by atoms with Crippen LogP contribution >= 0.6 is 0 Å². The normalized spacial score (nSPS) is 9.55. The van der Waals surface area contributed by atoms with Crippen LogP contribution in [-0.4, -0.2) is 81.0 Å². The summed E-state index contributed by atoms with van der Waals surface area (Å²) in [5.74, 6) is 0. The van der Waals surface area contributed by atoms with Crippen molar-refractivity contribution in [3.8, 4) is 0 Å². The number of hydrogen-bond acceptors (Lipinski definition) is 3. The summed E-state index contributed by atoms with van der Waals surface area (Å²) in [6.45, 7) is 5.43. The second kappa shape index (κ2) is 24.6. The van der Waals surface area contributed by atoms with E-state index in [9.17, 15) is 4.79 Å². The van der Waals surface area contributed by atoms with E-state index >= 15 is 0 Å². The van der Waals surface area contributed by atoms with Gasteiger partial charge in [-0.05, 0) is 12.8 Å². The molecule has 0 spiro atoms. The van der Waals surface area contributed by atoms with Crippen LogP contribution < -0.4 is 0 Å². The van der Waals surface area contributed by atoms with Gasteiger partial charge in [0.1, 0.15) is 0 Å². The van der Waals surface area contributed by atoms with Crippen molar-refractivity contribution in [3.05, 3.63) is 0 Å². The van der Waals surface area contributed by atoms with Crippen molar-refractivity contribution in [3.63, 3.8) is 0 Å². The molecule has 0 atom stereocenters. The average molecular weight is 449 g/mol. The Labute approximate surface area is 184 Å². The van der Waals surface area contributed by atoms with Crippen LogP contribution in [0.5, 0.6) is 0 Å². The van der Waals surface area contributed by atoms with Crippen LogP contribution in [0.15, 0.2) is 0 Å². The fourth-order valence-electron chi connectivity index (χ4n) is 2.12. The molecule has 0 unspecified atom stereocenters. The van der Waals surface area contributed by atoms with Gasteiger partial charge in [-0.25, -0.2) is 4.79 Å². The van der Waals surface area contributed by atoms with Gasteiger partial charge >= 0.3 is 67.8 Å². The minimum absolute atomic E-state index is 0. The van der Waals surface area contributed by atoms with Crippen molar-refractivity contribution >= 4 is 67.8 Å². The van der Waals surface area contributed by atoms with E-state index in [-0.39, 0.29) is 61.6 Å². The van der Waals surface area contributed by atoms with Gasteiger partial charge in [0, 0.05) is 0 Å². The summed E-state index contributed by atoms with van der Waals surface area (Å²) in [5, 5.41) is 0. The molecule has 0 aromatic rings. The Balaban J connectivity index is -0.00000180. The van der Waals surface area contributed by atoms with Crippen LogP contribution in [0.1, 0.15) is 90.9 Å². The van der Waals surface area contributed by atoms with Crippen LogP contribution in [0, 0.1) is 0 Å². The molecule has 0 fully saturated rings. The number of unbranched alkanes of at least 4 members (excludes halogenated alkanes) is 10. The second-order valence-corrected chi connectivity index (χ2v) is 5.48. The molecule has 0 N–H and O–H groups in total. The van der Waals surface area contributed by atoms with E-state index in [0.29, 0.717) is 13.2 Å². The first-order chi connectivity index (χ1) is 9.81. The number of ether oxygens (including phenoxy) is 2. The zero-order valence-electron chi connectivity index (χ0n) is 14.3. The maximum atomic E-state index is 11.3. The van der Waals surface area contributed by atoms with E-state index in [1.807, 2.05) is 0 Å². The molecule has 0 aromatic heterocycles. The standard InChI is InChI=1S/C17H34O3.Ca.Sn.4H/c1-3-5-7-9-11-13-15-19-17(18)20-16-14-12-10-8-6-4-2;;;;;;/h3-16H2,1-2H3;;;;;;. The fraction of sp³-hybridized carbons (Fsp3) is 0.941. The average Bonchev–Trinajstić information content (AvgIpc) is 2.45. The Morgan fingerprint density at radius 1 is 0.636 bits per heavy atom. The molecule has 22 heavy (non-hydrogen) atoms. The number of rotatable bonds is 14. The van der Waals surface area contributed by atoms with Gasteiger partial charge in [-0.3, -0.25) is 0 Å². The summed E-state index contributed by atoms with van der Waals surface area (Å²) >= 11 is 0. The predicted octanol–water partition coefficient (Wildman–Crippen LogP) is 4.03. The summed E-state index contributed by atoms with van der Waals surface area (Å²) < 4.78 is 10.1. The van der Waals surface area contributed by atoms with Crippen molar-refractivity contribution in [1.82, 2.24) is 0 Å². The van der Waals surface area contributed by atoms with E-state index in [1.54, 1.807) is 0 Å². The van der Waals surface area contributed by atoms with Crippen molar-refractivity contribution in [2.24, 2.45) is 0 Å². The Bertz CT molecular complexity index is 196. The van der Waals surface area contributed by atoms with Crippen molar-refractivity contribution in [2.75, 3.05) is 13.2 Å². The molecule has 0 aliphatic rings. The van der Waals surface area contributed by atoms with Gasteiger partial charge in [0.25, 0.3) is 0 Å². The van der Waals surface area contributed by atoms with Gasteiger partial charge in [0.2, 0.25) is 0 Å². The molecule has 0 rings (SSSR count). The zero-order valence-corrected chi connectivity index (χ0v) is 18.4. The number of carbonyl (C=O) groups excluding carboxylic acids is 1. The Morgan fingerprint density at radius 2 is 0.955 bits per heavy atom. The van der Waals surface area contributed by atoms with E-state index in [4.69, 9.17) is 9.47 Å². The van der Waals surface area contributed by atoms with Crippen molar-refractivity contribution < 1.29 is 14.3 Å². The topological polar surface area (TPSA) is 35.5 Å². The second-order valence-electron chi connectivity index (χ2n) is 5.48. The first kappa shape index (κ1) is 28.1. The molecular formula is C17H38CaO3Sn. The Morgan fingerprint density at radius 3 is 1.32 bits per heavy atom. The summed E-state index contributed by atoms with van der Waals surface area (Å²) in [6, 6.07) is 0. The van der Waals surface area contributed by atoms with Crippen LogP contribution in [0.3, 0.4) is 0 Å². The molecule has 0 aliphatic carbocycles. The fourth-order valence-corrected chi connectivity index (χ4v) is 2.12. The van der Waals surface area contributed by atoms with Crippen LogP contribution in [0.2, 0.25) is 0 Å². The van der Waals surface area contributed by atoms with E-state index in [2.05, 4.69) is 13.8 Å². The summed E-state index contributed by atoms with van der Waals surface area (Å²) in [4.78, 5) is 11.3. The molecule has 0 amide bonds. The predicted molar refractivity (Wildman–Crippen MR) is 101 cm³/mol. The molecule has 3 nitrogen and oxygen atoms in total. The molecule has 5 heteroatoms. The molecule has 0 aromatic carbocycles. The molecule has 2 radical (unpaired) electrons. The van der Waals surface area contributed by atoms with Gasteiger partial charge in [-0.1, -0.05) is 78.1 Å². The van der Waals surface area contributed by atoms with Gasteiger partial charge in [-0.2, -0.15) is 0 Å². The van der Waals surface area contributed by atoms with Gasteiger partial charge < -0.3 is 9.47 Å². The van der Waals surface area contributed by atoms with Gasteiger partial charge in [0.05, 0.1) is 13.2 Å². The maximum absolute atomic E-state index is 11.3. The first-order valence-corrected chi connectivity index (χ1v) is 8.60. The number of carbonyl (C=O) groups is 1. The Hall–Kier alpha value is 1.33. The monoisotopic (exact) mass is 450 g/mol. The molecule has 0 saturated carbocycles. The molecule has 0 aliphatic heterocycles. The number of hydrogen-bond donors (Lipinski definition) is 0. The van der Waals surface area contributed by atoms with Crippen molar-refractivity contribution in [2.45, 2.75) is 90.9 Å². The Kier molecular flexibility index (Phi) is 31.4. The summed E-state index contributed by atoms with van der Waals surface area (Å²) in [5.41, 5.74) is 0. The zero-order chi connectivity index (χ0) is 14.9.